The number of carbonyl (C=O) groups excluding carboxylic acids is 2. The van der Waals surface area contributed by atoms with Crippen molar-refractivity contribution in [2.75, 3.05) is 0 Å². The van der Waals surface area contributed by atoms with E-state index in [0.717, 1.165) is 16.7 Å². The lowest BCUT2D eigenvalue weighted by atomic mass is 9.95. The minimum atomic E-state index is -0.953. The van der Waals surface area contributed by atoms with Crippen LogP contribution >= 0.6 is 0 Å². The zero-order valence-electron chi connectivity index (χ0n) is 21.6. The minimum Gasteiger partial charge on any atom is -0.507 e. The van der Waals surface area contributed by atoms with Gasteiger partial charge in [0.05, 0.1) is 16.5 Å². The maximum absolute atomic E-state index is 13.3. The summed E-state index contributed by atoms with van der Waals surface area (Å²) in [5.74, 6) is -1.39. The van der Waals surface area contributed by atoms with E-state index in [-0.39, 0.29) is 23.6 Å². The second-order valence-corrected chi connectivity index (χ2v) is 9.43. The van der Waals surface area contributed by atoms with Crippen LogP contribution in [0.2, 0.25) is 0 Å². The van der Waals surface area contributed by atoms with E-state index in [1.807, 2.05) is 31.2 Å². The van der Waals surface area contributed by atoms with Gasteiger partial charge in [-0.1, -0.05) is 29.8 Å². The molecule has 1 amide bonds. The van der Waals surface area contributed by atoms with E-state index in [0.29, 0.717) is 23.5 Å². The Morgan fingerprint density at radius 1 is 0.975 bits per heavy atom. The van der Waals surface area contributed by atoms with Crippen molar-refractivity contribution in [1.82, 2.24) is 9.88 Å². The zero-order chi connectivity index (χ0) is 28.2. The molecule has 1 aromatic heterocycles. The van der Waals surface area contributed by atoms with Crippen molar-refractivity contribution >= 4 is 23.1 Å². The van der Waals surface area contributed by atoms with Crippen molar-refractivity contribution in [3.05, 3.63) is 141 Å². The number of aliphatic hydroxyl groups excluding tert-OH is 1. The van der Waals surface area contributed by atoms with Gasteiger partial charge in [-0.15, -0.1) is 0 Å². The summed E-state index contributed by atoms with van der Waals surface area (Å²) < 4.78 is 5.86. The highest BCUT2D eigenvalue weighted by atomic mass is 16.6. The average Bonchev–Trinajstić information content (AvgIpc) is 3.21. The Labute approximate surface area is 230 Å². The minimum absolute atomic E-state index is 0.0806. The number of aromatic nitrogens is 1. The Bertz CT molecular complexity index is 1600. The van der Waals surface area contributed by atoms with Gasteiger partial charge in [-0.05, 0) is 72.1 Å². The summed E-state index contributed by atoms with van der Waals surface area (Å²) in [6.45, 7) is 2.45. The molecule has 1 saturated heterocycles. The van der Waals surface area contributed by atoms with E-state index in [2.05, 4.69) is 4.98 Å². The molecule has 3 aromatic carbocycles. The second-order valence-electron chi connectivity index (χ2n) is 9.43. The SMILES string of the molecule is Cc1cccc(COc2ccc(/C(O)=C3\C(=O)C(=O)N(Cc4ccncc4)[C@H]3c3ccc([N+](=O)[O-])cc3)cc2)c1. The molecule has 4 aromatic rings. The molecule has 200 valence electrons. The average molecular weight is 536 g/mol. The molecule has 40 heavy (non-hydrogen) atoms. The number of aliphatic hydroxyl groups is 1. The van der Waals surface area contributed by atoms with Gasteiger partial charge in [-0.25, -0.2) is 0 Å². The lowest BCUT2D eigenvalue weighted by Crippen LogP contribution is -2.29. The van der Waals surface area contributed by atoms with Gasteiger partial charge in [-0.3, -0.25) is 24.7 Å². The molecule has 0 saturated carbocycles. The molecule has 1 aliphatic rings. The highest BCUT2D eigenvalue weighted by Crippen LogP contribution is 2.40. The molecule has 1 N–H and O–H groups in total. The highest BCUT2D eigenvalue weighted by Gasteiger charge is 2.46. The van der Waals surface area contributed by atoms with Crippen LogP contribution in [-0.4, -0.2) is 31.6 Å². The van der Waals surface area contributed by atoms with Crippen LogP contribution in [0.3, 0.4) is 0 Å². The molecule has 1 fully saturated rings. The number of rotatable bonds is 8. The van der Waals surface area contributed by atoms with Gasteiger partial charge in [0.2, 0.25) is 0 Å². The van der Waals surface area contributed by atoms with Gasteiger partial charge in [0, 0.05) is 36.6 Å². The summed E-state index contributed by atoms with van der Waals surface area (Å²) >= 11 is 0. The number of nitro groups is 1. The van der Waals surface area contributed by atoms with Crippen LogP contribution in [0.1, 0.15) is 33.9 Å². The molecule has 0 spiro atoms. The monoisotopic (exact) mass is 535 g/mol. The number of Topliss-reactive ketones (excluding diaryl/α,β-unsaturated/α-hetero) is 1. The Kier molecular flexibility index (Phi) is 7.37. The first-order chi connectivity index (χ1) is 19.3. The molecule has 0 unspecified atom stereocenters. The Balaban J connectivity index is 1.48. The van der Waals surface area contributed by atoms with Crippen molar-refractivity contribution in [1.29, 1.82) is 0 Å². The van der Waals surface area contributed by atoms with E-state index in [1.54, 1.807) is 48.8 Å². The number of benzene rings is 3. The zero-order valence-corrected chi connectivity index (χ0v) is 21.6. The van der Waals surface area contributed by atoms with Crippen LogP contribution in [0, 0.1) is 17.0 Å². The number of aryl methyl sites for hydroxylation is 1. The van der Waals surface area contributed by atoms with Crippen LogP contribution in [0.25, 0.3) is 5.76 Å². The van der Waals surface area contributed by atoms with Crippen molar-refractivity contribution in [2.45, 2.75) is 26.1 Å². The fourth-order valence-corrected chi connectivity index (χ4v) is 4.69. The molecule has 0 radical (unpaired) electrons. The number of pyridine rings is 1. The summed E-state index contributed by atoms with van der Waals surface area (Å²) in [6.07, 6.45) is 3.16. The second kappa shape index (κ2) is 11.2. The maximum Gasteiger partial charge on any atom is 0.295 e. The number of non-ortho nitro benzene ring substituents is 1. The van der Waals surface area contributed by atoms with Crippen LogP contribution in [0.4, 0.5) is 5.69 Å². The van der Waals surface area contributed by atoms with Gasteiger partial charge in [0.25, 0.3) is 17.4 Å². The first kappa shape index (κ1) is 26.3. The van der Waals surface area contributed by atoms with Crippen molar-refractivity contribution < 1.29 is 24.4 Å². The molecule has 0 aliphatic carbocycles. The van der Waals surface area contributed by atoms with Gasteiger partial charge in [0.15, 0.2) is 0 Å². The smallest absolute Gasteiger partial charge is 0.295 e. The number of hydrogen-bond donors (Lipinski definition) is 1. The van der Waals surface area contributed by atoms with Crippen molar-refractivity contribution in [2.24, 2.45) is 0 Å². The predicted molar refractivity (Wildman–Crippen MR) is 147 cm³/mol. The van der Waals surface area contributed by atoms with Crippen LogP contribution in [0.15, 0.2) is 103 Å². The van der Waals surface area contributed by atoms with Crippen LogP contribution in [-0.2, 0) is 22.7 Å². The Morgan fingerprint density at radius 2 is 1.68 bits per heavy atom. The maximum atomic E-state index is 13.3. The summed E-state index contributed by atoms with van der Waals surface area (Å²) in [7, 11) is 0. The van der Waals surface area contributed by atoms with Gasteiger partial charge < -0.3 is 14.7 Å². The topological polar surface area (TPSA) is 123 Å². The third-order valence-electron chi connectivity index (χ3n) is 6.68. The lowest BCUT2D eigenvalue weighted by Gasteiger charge is -2.25. The number of ether oxygens (including phenoxy) is 1. The first-order valence-corrected chi connectivity index (χ1v) is 12.5. The molecular formula is C31H25N3O6. The van der Waals surface area contributed by atoms with Gasteiger partial charge >= 0.3 is 0 Å². The number of ketones is 1. The van der Waals surface area contributed by atoms with E-state index in [9.17, 15) is 24.8 Å². The Hall–Kier alpha value is -5.31. The number of carbonyl (C=O) groups is 2. The fourth-order valence-electron chi connectivity index (χ4n) is 4.69. The summed E-state index contributed by atoms with van der Waals surface area (Å²) in [6, 6.07) is 22.6. The van der Waals surface area contributed by atoms with Crippen LogP contribution < -0.4 is 4.74 Å². The molecule has 1 atom stereocenters. The van der Waals surface area contributed by atoms with E-state index in [1.165, 1.54) is 29.2 Å². The molecule has 1 aliphatic heterocycles. The predicted octanol–water partition coefficient (Wildman–Crippen LogP) is 5.50. The summed E-state index contributed by atoms with van der Waals surface area (Å²) in [5, 5.41) is 22.5. The number of hydrogen-bond acceptors (Lipinski definition) is 7. The lowest BCUT2D eigenvalue weighted by molar-refractivity contribution is -0.384. The summed E-state index contributed by atoms with van der Waals surface area (Å²) in [4.78, 5) is 42.5. The van der Waals surface area contributed by atoms with Gasteiger partial charge in [0.1, 0.15) is 18.1 Å². The first-order valence-electron chi connectivity index (χ1n) is 12.5. The molecule has 5 rings (SSSR count). The van der Waals surface area contributed by atoms with Crippen molar-refractivity contribution in [3.63, 3.8) is 0 Å². The van der Waals surface area contributed by atoms with Crippen LogP contribution in [0.5, 0.6) is 5.75 Å². The fraction of sp³-hybridized carbons (Fsp3) is 0.129. The normalized spacial score (nSPS) is 16.2. The van der Waals surface area contributed by atoms with E-state index in [4.69, 9.17) is 4.74 Å². The molecule has 2 heterocycles. The number of nitro benzene ring substituents is 1. The van der Waals surface area contributed by atoms with Crippen molar-refractivity contribution in [3.8, 4) is 5.75 Å². The summed E-state index contributed by atoms with van der Waals surface area (Å²) in [5.41, 5.74) is 3.44. The number of likely N-dealkylation sites (tertiary alicyclic amines) is 1. The molecular weight excluding hydrogens is 510 g/mol. The van der Waals surface area contributed by atoms with E-state index < -0.39 is 22.7 Å². The standard InChI is InChI=1S/C31H25N3O6/c1-20-3-2-4-22(17-20)19-40-26-11-7-24(8-12-26)29(35)27-28(23-5-9-25(10-6-23)34(38)39)33(31(37)30(27)36)18-21-13-15-32-16-14-21/h2-17,28,35H,18-19H2,1H3/b29-27+/t28-/m0/s1. The number of nitrogens with zero attached hydrogens (tertiary/aromatic N) is 3. The largest absolute Gasteiger partial charge is 0.507 e. The van der Waals surface area contributed by atoms with E-state index >= 15 is 0 Å². The Morgan fingerprint density at radius 3 is 2.33 bits per heavy atom. The quantitative estimate of drug-likeness (QED) is 0.104. The van der Waals surface area contributed by atoms with Gasteiger partial charge in [-0.2, -0.15) is 0 Å². The third-order valence-corrected chi connectivity index (χ3v) is 6.68. The molecule has 9 nitrogen and oxygen atoms in total. The number of amides is 1. The highest BCUT2D eigenvalue weighted by molar-refractivity contribution is 6.46. The molecule has 9 heteroatoms. The third kappa shape index (κ3) is 5.44. The molecule has 0 bridgehead atoms.